The van der Waals surface area contributed by atoms with Crippen LogP contribution in [-0.4, -0.2) is 16.7 Å². The first-order valence-electron chi connectivity index (χ1n) is 9.07. The predicted molar refractivity (Wildman–Crippen MR) is 108 cm³/mol. The summed E-state index contributed by atoms with van der Waals surface area (Å²) in [5.41, 5.74) is 4.01. The molecule has 1 fully saturated rings. The summed E-state index contributed by atoms with van der Waals surface area (Å²) in [4.78, 5) is 5.35. The van der Waals surface area contributed by atoms with Crippen LogP contribution in [0.15, 0.2) is 30.5 Å². The molecular formula is C21H22ClNO2S. The zero-order valence-corrected chi connectivity index (χ0v) is 16.4. The van der Waals surface area contributed by atoms with Gasteiger partial charge in [0.15, 0.2) is 0 Å². The van der Waals surface area contributed by atoms with E-state index in [0.717, 1.165) is 56.5 Å². The van der Waals surface area contributed by atoms with Crippen LogP contribution in [-0.2, 0) is 6.61 Å². The largest absolute Gasteiger partial charge is 0.493 e. The predicted octanol–water partition coefficient (Wildman–Crippen LogP) is 5.99. The van der Waals surface area contributed by atoms with Gasteiger partial charge in [-0.25, -0.2) is 0 Å². The molecule has 0 bridgehead atoms. The number of aliphatic hydroxyl groups excluding tert-OH is 1. The number of fused-ring (bicyclic) bond motifs is 1. The number of hydrogen-bond donors (Lipinski definition) is 1. The molecule has 0 spiro atoms. The van der Waals surface area contributed by atoms with E-state index >= 15 is 0 Å². The van der Waals surface area contributed by atoms with Crippen molar-refractivity contribution in [3.05, 3.63) is 45.9 Å². The van der Waals surface area contributed by atoms with Crippen molar-refractivity contribution < 1.29 is 9.84 Å². The molecule has 0 saturated heterocycles. The molecule has 1 aliphatic rings. The number of halogens is 1. The van der Waals surface area contributed by atoms with Crippen LogP contribution in [0.2, 0.25) is 5.02 Å². The van der Waals surface area contributed by atoms with Crippen molar-refractivity contribution in [3.8, 4) is 16.9 Å². The smallest absolute Gasteiger partial charge is 0.130 e. The Morgan fingerprint density at radius 3 is 2.85 bits per heavy atom. The van der Waals surface area contributed by atoms with Crippen molar-refractivity contribution in [3.63, 3.8) is 0 Å². The minimum atomic E-state index is 0.0276. The minimum Gasteiger partial charge on any atom is -0.493 e. The number of thiophene rings is 1. The summed E-state index contributed by atoms with van der Waals surface area (Å²) in [6.45, 7) is 2.81. The van der Waals surface area contributed by atoms with Gasteiger partial charge in [0, 0.05) is 27.2 Å². The maximum atomic E-state index is 9.48. The molecule has 2 heterocycles. The van der Waals surface area contributed by atoms with E-state index in [1.54, 1.807) is 17.5 Å². The van der Waals surface area contributed by atoms with E-state index in [9.17, 15) is 5.11 Å². The van der Waals surface area contributed by atoms with E-state index in [-0.39, 0.29) is 6.61 Å². The molecule has 136 valence electrons. The van der Waals surface area contributed by atoms with Crippen molar-refractivity contribution in [1.82, 2.24) is 4.98 Å². The molecule has 3 aromatic rings. The lowest BCUT2D eigenvalue weighted by Gasteiger charge is -2.25. The molecule has 1 saturated carbocycles. The van der Waals surface area contributed by atoms with Gasteiger partial charge in [-0.15, -0.1) is 11.3 Å². The number of ether oxygens (including phenoxy) is 1. The summed E-state index contributed by atoms with van der Waals surface area (Å²) >= 11 is 7.93. The first-order valence-corrected chi connectivity index (χ1v) is 10.3. The number of pyridine rings is 1. The topological polar surface area (TPSA) is 42.4 Å². The summed E-state index contributed by atoms with van der Waals surface area (Å²) in [6.07, 6.45) is 6.94. The highest BCUT2D eigenvalue weighted by Gasteiger charge is 2.19. The minimum absolute atomic E-state index is 0.0276. The van der Waals surface area contributed by atoms with Gasteiger partial charge in [0.25, 0.3) is 0 Å². The van der Waals surface area contributed by atoms with Gasteiger partial charge in [0.2, 0.25) is 0 Å². The quantitative estimate of drug-likeness (QED) is 0.565. The second-order valence-electron chi connectivity index (χ2n) is 6.98. The maximum absolute atomic E-state index is 9.48. The monoisotopic (exact) mass is 387 g/mol. The van der Waals surface area contributed by atoms with E-state index < -0.39 is 0 Å². The summed E-state index contributed by atoms with van der Waals surface area (Å²) in [7, 11) is 0. The number of benzene rings is 1. The highest BCUT2D eigenvalue weighted by molar-refractivity contribution is 7.19. The van der Waals surface area contributed by atoms with Crippen molar-refractivity contribution in [2.75, 3.05) is 6.61 Å². The Morgan fingerprint density at radius 2 is 2.12 bits per heavy atom. The Labute approximate surface area is 162 Å². The van der Waals surface area contributed by atoms with E-state index in [1.165, 1.54) is 19.3 Å². The number of nitrogens with zero attached hydrogens (tertiary/aromatic N) is 1. The van der Waals surface area contributed by atoms with Gasteiger partial charge < -0.3 is 9.84 Å². The van der Waals surface area contributed by atoms with E-state index in [4.69, 9.17) is 16.3 Å². The molecule has 3 nitrogen and oxygen atoms in total. The number of aromatic nitrogens is 1. The Bertz CT molecular complexity index is 933. The lowest BCUT2D eigenvalue weighted by molar-refractivity contribution is 0.222. The molecule has 26 heavy (non-hydrogen) atoms. The molecule has 0 amide bonds. The molecule has 4 rings (SSSR count). The van der Waals surface area contributed by atoms with Crippen LogP contribution in [0.4, 0.5) is 0 Å². The zero-order valence-electron chi connectivity index (χ0n) is 14.8. The fourth-order valence-corrected chi connectivity index (χ4v) is 4.78. The fraction of sp³-hybridized carbons (Fsp3) is 0.381. The number of aliphatic hydroxyl groups is 1. The van der Waals surface area contributed by atoms with E-state index in [0.29, 0.717) is 5.02 Å². The molecule has 0 unspecified atom stereocenters. The Kier molecular flexibility index (Phi) is 5.16. The van der Waals surface area contributed by atoms with Crippen LogP contribution in [0.1, 0.15) is 36.1 Å². The molecule has 0 atom stereocenters. The second kappa shape index (κ2) is 7.55. The van der Waals surface area contributed by atoms with Gasteiger partial charge in [0.05, 0.1) is 23.4 Å². The number of aryl methyl sites for hydroxylation is 1. The van der Waals surface area contributed by atoms with Crippen LogP contribution >= 0.6 is 22.9 Å². The van der Waals surface area contributed by atoms with Crippen LogP contribution in [0.5, 0.6) is 5.75 Å². The standard InChI is InChI=1S/C21H22ClNO2S/c1-13-9-15(22)10-18(20(13)25-8-6-14-3-2-4-14)17-5-7-23-19-11-16(12-24)26-21(17)19/h5,7,9-11,14,24H,2-4,6,8,12H2,1H3. The Balaban J connectivity index is 1.74. The van der Waals surface area contributed by atoms with Gasteiger partial charge >= 0.3 is 0 Å². The molecule has 1 N–H and O–H groups in total. The van der Waals surface area contributed by atoms with Gasteiger partial charge in [-0.1, -0.05) is 30.9 Å². The Hall–Kier alpha value is -1.62. The van der Waals surface area contributed by atoms with Crippen molar-refractivity contribution >= 4 is 33.2 Å². The molecule has 0 radical (unpaired) electrons. The molecule has 1 aliphatic carbocycles. The van der Waals surface area contributed by atoms with E-state index in [2.05, 4.69) is 4.98 Å². The van der Waals surface area contributed by atoms with Crippen LogP contribution in [0.25, 0.3) is 21.3 Å². The third-order valence-corrected chi connectivity index (χ3v) is 6.51. The number of hydrogen-bond acceptors (Lipinski definition) is 4. The Morgan fingerprint density at radius 1 is 1.27 bits per heavy atom. The molecule has 2 aromatic heterocycles. The van der Waals surface area contributed by atoms with Crippen LogP contribution in [0.3, 0.4) is 0 Å². The van der Waals surface area contributed by atoms with Crippen LogP contribution < -0.4 is 4.74 Å². The molecule has 5 heteroatoms. The SMILES string of the molecule is Cc1cc(Cl)cc(-c2ccnc3cc(CO)sc23)c1OCCC1CCC1. The highest BCUT2D eigenvalue weighted by atomic mass is 35.5. The third-order valence-electron chi connectivity index (χ3n) is 5.15. The van der Waals surface area contributed by atoms with Gasteiger partial charge in [-0.2, -0.15) is 0 Å². The molecule has 0 aliphatic heterocycles. The highest BCUT2D eigenvalue weighted by Crippen LogP contribution is 2.41. The average molecular weight is 388 g/mol. The maximum Gasteiger partial charge on any atom is 0.130 e. The summed E-state index contributed by atoms with van der Waals surface area (Å²) in [5.74, 6) is 1.73. The molecule has 1 aromatic carbocycles. The second-order valence-corrected chi connectivity index (χ2v) is 8.55. The number of rotatable bonds is 6. The normalized spacial score (nSPS) is 14.6. The van der Waals surface area contributed by atoms with Crippen molar-refractivity contribution in [2.45, 2.75) is 39.2 Å². The summed E-state index contributed by atoms with van der Waals surface area (Å²) < 4.78 is 7.30. The molecular weight excluding hydrogens is 366 g/mol. The van der Waals surface area contributed by atoms with Gasteiger partial charge in [-0.3, -0.25) is 4.98 Å². The first-order chi connectivity index (χ1) is 12.7. The average Bonchev–Trinajstić information content (AvgIpc) is 3.01. The lowest BCUT2D eigenvalue weighted by atomic mass is 9.83. The van der Waals surface area contributed by atoms with E-state index in [1.807, 2.05) is 31.2 Å². The lowest BCUT2D eigenvalue weighted by Crippen LogP contribution is -2.14. The summed E-state index contributed by atoms with van der Waals surface area (Å²) in [5, 5.41) is 10.2. The third kappa shape index (κ3) is 3.46. The van der Waals surface area contributed by atoms with Crippen molar-refractivity contribution in [2.24, 2.45) is 5.92 Å². The van der Waals surface area contributed by atoms with Crippen LogP contribution in [0, 0.1) is 12.8 Å². The van der Waals surface area contributed by atoms with Crippen molar-refractivity contribution in [1.29, 1.82) is 0 Å². The zero-order chi connectivity index (χ0) is 18.1. The van der Waals surface area contributed by atoms with Gasteiger partial charge in [-0.05, 0) is 49.1 Å². The summed E-state index contributed by atoms with van der Waals surface area (Å²) in [6, 6.07) is 7.87. The van der Waals surface area contributed by atoms with Gasteiger partial charge in [0.1, 0.15) is 5.75 Å². The fourth-order valence-electron chi connectivity index (χ4n) is 3.51. The first kappa shape index (κ1) is 17.8.